The number of aryl methyl sites for hydroxylation is 2. The number of aliphatic hydroxyl groups excluding tert-OH is 3. The van der Waals surface area contributed by atoms with Crippen molar-refractivity contribution in [2.24, 2.45) is 17.6 Å². The summed E-state index contributed by atoms with van der Waals surface area (Å²) in [5.74, 6) is -8.79. The van der Waals surface area contributed by atoms with Crippen LogP contribution in [0.1, 0.15) is 52.7 Å². The highest BCUT2D eigenvalue weighted by molar-refractivity contribution is 6.25. The van der Waals surface area contributed by atoms with Crippen molar-refractivity contribution in [1.82, 2.24) is 4.90 Å². The molecule has 1 amide bonds. The monoisotopic (exact) mass is 576 g/mol. The number of benzene rings is 2. The van der Waals surface area contributed by atoms with Crippen molar-refractivity contribution < 1.29 is 39.9 Å². The summed E-state index contributed by atoms with van der Waals surface area (Å²) in [6, 6.07) is 12.2. The molecular formula is C32H36N2O8. The van der Waals surface area contributed by atoms with Gasteiger partial charge in [0.1, 0.15) is 22.8 Å². The molecule has 0 unspecified atom stereocenters. The Balaban J connectivity index is 1.56. The molecular weight excluding hydrogens is 540 g/mol. The van der Waals surface area contributed by atoms with Gasteiger partial charge in [0.15, 0.2) is 11.4 Å². The lowest BCUT2D eigenvalue weighted by atomic mass is 9.55. The van der Waals surface area contributed by atoms with Gasteiger partial charge in [-0.3, -0.25) is 19.3 Å². The molecule has 3 aliphatic carbocycles. The van der Waals surface area contributed by atoms with Crippen LogP contribution in [0.3, 0.4) is 0 Å². The van der Waals surface area contributed by atoms with Gasteiger partial charge in [0.25, 0.3) is 5.91 Å². The number of ketones is 2. The van der Waals surface area contributed by atoms with Gasteiger partial charge in [-0.15, -0.1) is 0 Å². The topological polar surface area (TPSA) is 182 Å². The number of nitrogens with zero attached hydrogens (tertiary/aromatic N) is 1. The van der Waals surface area contributed by atoms with Gasteiger partial charge in [-0.05, 0) is 62.4 Å². The van der Waals surface area contributed by atoms with Crippen LogP contribution in [0.2, 0.25) is 0 Å². The predicted molar refractivity (Wildman–Crippen MR) is 153 cm³/mol. The third-order valence-corrected chi connectivity index (χ3v) is 9.22. The molecule has 0 fully saturated rings. The van der Waals surface area contributed by atoms with Crippen molar-refractivity contribution >= 4 is 17.5 Å². The van der Waals surface area contributed by atoms with E-state index in [2.05, 4.69) is 0 Å². The standard InChI is InChI=1S/C32H36N2O8/c1-15-18-14-13-17(12-8-7-11-16-9-5-4-6-10-16)25(35)20(18)26(36)21-19(15)27(37)23-24(34(2)3)28(38)22(31(33)41)30(40)32(23,42)29(21)39/h4-6,9-10,13-15,19,23-24,27,35,37-39,42H,7-8,11-12H2,1-3H3,(H2,33,41)/t15-,19+,23+,24-,27-,32-/m0/s1. The Morgan fingerprint density at radius 3 is 2.26 bits per heavy atom. The summed E-state index contributed by atoms with van der Waals surface area (Å²) in [6.45, 7) is 1.72. The van der Waals surface area contributed by atoms with E-state index in [1.54, 1.807) is 19.1 Å². The average Bonchev–Trinajstić information content (AvgIpc) is 2.94. The molecule has 3 aliphatic rings. The second-order valence-corrected chi connectivity index (χ2v) is 11.8. The maximum absolute atomic E-state index is 14.0. The lowest BCUT2D eigenvalue weighted by Gasteiger charge is -2.53. The molecule has 0 bridgehead atoms. The van der Waals surface area contributed by atoms with E-state index in [1.165, 1.54) is 24.6 Å². The number of unbranched alkanes of at least 4 members (excludes halogenated alkanes) is 1. The Kier molecular flexibility index (Phi) is 7.51. The third kappa shape index (κ3) is 4.24. The van der Waals surface area contributed by atoms with Gasteiger partial charge >= 0.3 is 0 Å². The number of primary amides is 1. The number of rotatable bonds is 7. The van der Waals surface area contributed by atoms with Crippen molar-refractivity contribution in [3.8, 4) is 5.75 Å². The molecule has 2 aromatic rings. The van der Waals surface area contributed by atoms with Gasteiger partial charge in [0.05, 0.1) is 23.6 Å². The van der Waals surface area contributed by atoms with E-state index in [4.69, 9.17) is 5.73 Å². The summed E-state index contributed by atoms with van der Waals surface area (Å²) in [5, 5.41) is 57.1. The number of phenols is 1. The molecule has 0 saturated heterocycles. The zero-order chi connectivity index (χ0) is 30.7. The molecule has 5 rings (SSSR count). The number of fused-ring (bicyclic) bond motifs is 3. The number of carbonyl (C=O) groups excluding carboxylic acids is 3. The fraction of sp³-hybridized carbons (Fsp3) is 0.406. The van der Waals surface area contributed by atoms with E-state index >= 15 is 0 Å². The smallest absolute Gasteiger partial charge is 0.255 e. The quantitative estimate of drug-likeness (QED) is 0.213. The highest BCUT2D eigenvalue weighted by Gasteiger charge is 2.67. The molecule has 0 heterocycles. The summed E-state index contributed by atoms with van der Waals surface area (Å²) in [7, 11) is 3.01. The zero-order valence-corrected chi connectivity index (χ0v) is 23.7. The van der Waals surface area contributed by atoms with Crippen LogP contribution < -0.4 is 5.73 Å². The summed E-state index contributed by atoms with van der Waals surface area (Å²) in [4.78, 5) is 41.0. The van der Waals surface area contributed by atoms with Gasteiger partial charge in [-0.2, -0.15) is 0 Å². The number of nitrogens with two attached hydrogens (primary N) is 1. The third-order valence-electron chi connectivity index (χ3n) is 9.22. The number of phenolic OH excluding ortho intramolecular Hbond substituents is 1. The summed E-state index contributed by atoms with van der Waals surface area (Å²) >= 11 is 0. The van der Waals surface area contributed by atoms with Crippen LogP contribution in [-0.4, -0.2) is 79.7 Å². The van der Waals surface area contributed by atoms with Crippen LogP contribution in [0.15, 0.2) is 65.1 Å². The average molecular weight is 577 g/mol. The van der Waals surface area contributed by atoms with E-state index in [-0.39, 0.29) is 11.3 Å². The second kappa shape index (κ2) is 10.7. The first-order chi connectivity index (χ1) is 19.8. The van der Waals surface area contributed by atoms with Crippen molar-refractivity contribution in [3.63, 3.8) is 0 Å². The first-order valence-electron chi connectivity index (χ1n) is 14.1. The SMILES string of the molecule is C[C@H]1c2ccc(CCCCc3ccccc3)c(O)c2C(=O)C2=C(O)[C@]3(O)C(=O)C(C(N)=O)=C(O)[C@@H](N(C)C)[C@@H]3[C@@H](O)[C@@H]21. The minimum absolute atomic E-state index is 0.0592. The number of aromatic hydroxyl groups is 1. The molecule has 0 spiro atoms. The second-order valence-electron chi connectivity index (χ2n) is 11.8. The number of Topliss-reactive ketones (excluding diaryl/α,β-unsaturated/α-hetero) is 2. The molecule has 2 aromatic carbocycles. The van der Waals surface area contributed by atoms with E-state index in [0.29, 0.717) is 17.5 Å². The minimum Gasteiger partial charge on any atom is -0.510 e. The van der Waals surface area contributed by atoms with Gasteiger partial charge in [0, 0.05) is 11.5 Å². The highest BCUT2D eigenvalue weighted by Crippen LogP contribution is 2.55. The van der Waals surface area contributed by atoms with E-state index in [9.17, 15) is 39.9 Å². The molecule has 0 radical (unpaired) electrons. The van der Waals surface area contributed by atoms with Crippen LogP contribution >= 0.6 is 0 Å². The lowest BCUT2D eigenvalue weighted by molar-refractivity contribution is -0.162. The fourth-order valence-corrected chi connectivity index (χ4v) is 7.16. The van der Waals surface area contributed by atoms with Gasteiger partial charge < -0.3 is 31.3 Å². The Bertz CT molecular complexity index is 1530. The molecule has 6 atom stereocenters. The number of hydrogen-bond acceptors (Lipinski definition) is 9. The molecule has 10 heteroatoms. The predicted octanol–water partition coefficient (Wildman–Crippen LogP) is 2.22. The van der Waals surface area contributed by atoms with Crippen LogP contribution in [-0.2, 0) is 22.4 Å². The maximum Gasteiger partial charge on any atom is 0.255 e. The molecule has 7 N–H and O–H groups in total. The lowest BCUT2D eigenvalue weighted by Crippen LogP contribution is -2.68. The first kappa shape index (κ1) is 29.5. The van der Waals surface area contributed by atoms with Crippen molar-refractivity contribution in [1.29, 1.82) is 0 Å². The van der Waals surface area contributed by atoms with E-state index < -0.39 is 75.6 Å². The Hall–Kier alpha value is -3.99. The van der Waals surface area contributed by atoms with Crippen molar-refractivity contribution in [2.75, 3.05) is 14.1 Å². The summed E-state index contributed by atoms with van der Waals surface area (Å²) < 4.78 is 0. The maximum atomic E-state index is 14.0. The molecule has 10 nitrogen and oxygen atoms in total. The van der Waals surface area contributed by atoms with E-state index in [1.807, 2.05) is 30.3 Å². The van der Waals surface area contributed by atoms with Crippen LogP contribution in [0.4, 0.5) is 0 Å². The van der Waals surface area contributed by atoms with Crippen LogP contribution in [0.5, 0.6) is 5.75 Å². The van der Waals surface area contributed by atoms with Gasteiger partial charge in [-0.1, -0.05) is 49.4 Å². The molecule has 222 valence electrons. The normalized spacial score (nSPS) is 29.0. The fourth-order valence-electron chi connectivity index (χ4n) is 7.16. The number of carbonyl (C=O) groups is 3. The van der Waals surface area contributed by atoms with Crippen molar-refractivity contribution in [3.05, 3.63) is 87.4 Å². The van der Waals surface area contributed by atoms with E-state index in [0.717, 1.165) is 19.3 Å². The Labute approximate surface area is 243 Å². The number of amides is 1. The summed E-state index contributed by atoms with van der Waals surface area (Å²) in [5.41, 5.74) is 3.26. The molecule has 0 aromatic heterocycles. The van der Waals surface area contributed by atoms with Gasteiger partial charge in [-0.25, -0.2) is 0 Å². The first-order valence-corrected chi connectivity index (χ1v) is 14.1. The molecule has 0 saturated carbocycles. The number of hydrogen-bond donors (Lipinski definition) is 6. The Morgan fingerprint density at radius 2 is 1.64 bits per heavy atom. The molecule has 42 heavy (non-hydrogen) atoms. The molecule has 0 aliphatic heterocycles. The Morgan fingerprint density at radius 1 is 1.00 bits per heavy atom. The minimum atomic E-state index is -2.92. The van der Waals surface area contributed by atoms with Crippen molar-refractivity contribution in [2.45, 2.75) is 56.3 Å². The van der Waals surface area contributed by atoms with Gasteiger partial charge in [0.2, 0.25) is 5.78 Å². The number of likely N-dealkylation sites (N-methyl/N-ethyl adjacent to an activating group) is 1. The number of aliphatic hydroxyl groups is 4. The van der Waals surface area contributed by atoms with Crippen LogP contribution in [0, 0.1) is 11.8 Å². The van der Waals surface area contributed by atoms with Crippen LogP contribution in [0.25, 0.3) is 0 Å². The summed E-state index contributed by atoms with van der Waals surface area (Å²) in [6.07, 6.45) is 1.35. The largest absolute Gasteiger partial charge is 0.510 e. The highest BCUT2D eigenvalue weighted by atomic mass is 16.4. The zero-order valence-electron chi connectivity index (χ0n) is 23.7.